The molecule has 0 spiro atoms. The number of imide groups is 1. The van der Waals surface area contributed by atoms with Gasteiger partial charge >= 0.3 is 6.09 Å². The van der Waals surface area contributed by atoms with Crippen LogP contribution in [0.4, 0.5) is 13.6 Å². The molecule has 38 heavy (non-hydrogen) atoms. The van der Waals surface area contributed by atoms with Crippen LogP contribution >= 0.6 is 11.3 Å². The smallest absolute Gasteiger partial charge is 0.407 e. The largest absolute Gasteiger partial charge is 0.446 e. The summed E-state index contributed by atoms with van der Waals surface area (Å²) in [5.74, 6) is -2.65. The lowest BCUT2D eigenvalue weighted by atomic mass is 9.77. The van der Waals surface area contributed by atoms with Crippen molar-refractivity contribution in [1.29, 1.82) is 0 Å². The maximum Gasteiger partial charge on any atom is 0.407 e. The molecule has 12 heteroatoms. The number of rotatable bonds is 5. The minimum absolute atomic E-state index is 0.0283. The molecule has 1 aromatic heterocycles. The second-order valence-electron chi connectivity index (χ2n) is 9.72. The van der Waals surface area contributed by atoms with E-state index in [0.717, 1.165) is 15.8 Å². The molecule has 0 bridgehead atoms. The molecular weight excluding hydrogens is 518 g/mol. The number of nitrogens with one attached hydrogen (secondary N) is 2. The summed E-state index contributed by atoms with van der Waals surface area (Å²) in [7, 11) is 0. The number of hydrogen-bond donors (Lipinski definition) is 2. The molecule has 3 aliphatic rings. The molecule has 1 unspecified atom stereocenters. The van der Waals surface area contributed by atoms with E-state index in [1.54, 1.807) is 11.6 Å². The summed E-state index contributed by atoms with van der Waals surface area (Å²) in [5.41, 5.74) is 3.66. The second kappa shape index (κ2) is 9.43. The van der Waals surface area contributed by atoms with Crippen LogP contribution < -0.4 is 10.6 Å². The number of carbonyl (C=O) groups is 4. The lowest BCUT2D eigenvalue weighted by Gasteiger charge is -2.35. The van der Waals surface area contributed by atoms with Gasteiger partial charge in [-0.1, -0.05) is 12.1 Å². The van der Waals surface area contributed by atoms with Crippen LogP contribution in [0.1, 0.15) is 58.6 Å². The minimum Gasteiger partial charge on any atom is -0.446 e. The Bertz CT molecular complexity index is 1500. The molecule has 2 fully saturated rings. The Hall–Kier alpha value is -3.93. The maximum absolute atomic E-state index is 15.3. The molecule has 1 saturated heterocycles. The first-order valence-electron chi connectivity index (χ1n) is 12.2. The first-order valence-corrected chi connectivity index (χ1v) is 13.1. The number of amides is 4. The molecule has 4 amide bonds. The van der Waals surface area contributed by atoms with Gasteiger partial charge in [0.05, 0.1) is 21.3 Å². The molecule has 1 saturated carbocycles. The zero-order valence-corrected chi connectivity index (χ0v) is 20.8. The zero-order valence-electron chi connectivity index (χ0n) is 20.0. The third kappa shape index (κ3) is 4.28. The van der Waals surface area contributed by atoms with Crippen molar-refractivity contribution in [3.8, 4) is 0 Å². The van der Waals surface area contributed by atoms with Crippen molar-refractivity contribution in [3.63, 3.8) is 0 Å². The molecule has 1 aliphatic carbocycles. The highest BCUT2D eigenvalue weighted by atomic mass is 32.1. The standard InChI is InChI=1S/C26H22F2N4O5S/c27-15-7-17(23-19(8-15)38-11-30-23)14-5-16(6-14)37-26(36)29-9-12-1-2-13-10-32(25(35)21(13)22(12)28)18-3-4-20(33)31-24(18)34/h1-2,7-8,11,14,16,18H,3-6,9-10H2,(H,29,36)(H,31,33,34). The molecule has 2 aliphatic heterocycles. The predicted octanol–water partition coefficient (Wildman–Crippen LogP) is 3.51. The van der Waals surface area contributed by atoms with Gasteiger partial charge in [0.1, 0.15) is 23.8 Å². The highest BCUT2D eigenvalue weighted by Crippen LogP contribution is 2.42. The van der Waals surface area contributed by atoms with Gasteiger partial charge in [-0.15, -0.1) is 11.3 Å². The Labute approximate surface area is 219 Å². The summed E-state index contributed by atoms with van der Waals surface area (Å²) < 4.78 is 35.4. The van der Waals surface area contributed by atoms with Crippen LogP contribution in [-0.4, -0.2) is 45.8 Å². The van der Waals surface area contributed by atoms with Gasteiger partial charge in [-0.3, -0.25) is 19.7 Å². The first kappa shape index (κ1) is 24.4. The van der Waals surface area contributed by atoms with Crippen LogP contribution in [0.25, 0.3) is 10.2 Å². The third-order valence-electron chi connectivity index (χ3n) is 7.37. The highest BCUT2D eigenvalue weighted by Gasteiger charge is 2.41. The van der Waals surface area contributed by atoms with Crippen molar-refractivity contribution in [2.75, 3.05) is 0 Å². The summed E-state index contributed by atoms with van der Waals surface area (Å²) in [6.45, 7) is -0.127. The van der Waals surface area contributed by atoms with Gasteiger partial charge in [-0.25, -0.2) is 18.6 Å². The van der Waals surface area contributed by atoms with Crippen molar-refractivity contribution in [2.24, 2.45) is 0 Å². The summed E-state index contributed by atoms with van der Waals surface area (Å²) in [6, 6.07) is 5.17. The van der Waals surface area contributed by atoms with Gasteiger partial charge in [0.2, 0.25) is 11.8 Å². The Balaban J connectivity index is 1.05. The van der Waals surface area contributed by atoms with E-state index in [1.165, 1.54) is 34.4 Å². The van der Waals surface area contributed by atoms with E-state index >= 15 is 4.39 Å². The van der Waals surface area contributed by atoms with E-state index in [4.69, 9.17) is 4.74 Å². The Morgan fingerprint density at radius 1 is 1.21 bits per heavy atom. The van der Waals surface area contributed by atoms with Crippen molar-refractivity contribution in [1.82, 2.24) is 20.5 Å². The average Bonchev–Trinajstić information content (AvgIpc) is 3.45. The number of alkyl carbamates (subject to hydrolysis) is 1. The van der Waals surface area contributed by atoms with E-state index in [2.05, 4.69) is 15.6 Å². The molecule has 1 atom stereocenters. The van der Waals surface area contributed by atoms with Gasteiger partial charge in [0.25, 0.3) is 5.91 Å². The van der Waals surface area contributed by atoms with Gasteiger partial charge in [-0.05, 0) is 48.4 Å². The molecule has 196 valence electrons. The Morgan fingerprint density at radius 2 is 2.03 bits per heavy atom. The summed E-state index contributed by atoms with van der Waals surface area (Å²) in [6.07, 6.45) is 0.272. The third-order valence-corrected chi connectivity index (χ3v) is 8.15. The Morgan fingerprint density at radius 3 is 2.82 bits per heavy atom. The van der Waals surface area contributed by atoms with Gasteiger partial charge in [0.15, 0.2) is 0 Å². The number of thiazole rings is 1. The van der Waals surface area contributed by atoms with Crippen LogP contribution in [-0.2, 0) is 27.4 Å². The van der Waals surface area contributed by atoms with Crippen molar-refractivity contribution < 1.29 is 32.7 Å². The minimum atomic E-state index is -0.839. The van der Waals surface area contributed by atoms with Gasteiger partial charge in [0, 0.05) is 25.1 Å². The lowest BCUT2D eigenvalue weighted by Crippen LogP contribution is -2.52. The molecular formula is C26H22F2N4O5S. The van der Waals surface area contributed by atoms with Crippen LogP contribution in [0, 0.1) is 11.6 Å². The van der Waals surface area contributed by atoms with Gasteiger partial charge < -0.3 is 15.0 Å². The fourth-order valence-electron chi connectivity index (χ4n) is 5.33. The molecule has 2 aromatic carbocycles. The van der Waals surface area contributed by atoms with Crippen LogP contribution in [0.5, 0.6) is 0 Å². The summed E-state index contributed by atoms with van der Waals surface area (Å²) >= 11 is 1.37. The molecule has 9 nitrogen and oxygen atoms in total. The highest BCUT2D eigenvalue weighted by molar-refractivity contribution is 7.16. The van der Waals surface area contributed by atoms with Crippen LogP contribution in [0.15, 0.2) is 29.8 Å². The lowest BCUT2D eigenvalue weighted by molar-refractivity contribution is -0.136. The number of benzene rings is 2. The second-order valence-corrected chi connectivity index (χ2v) is 10.6. The number of piperidine rings is 1. The number of carbonyl (C=O) groups excluding carboxylic acids is 4. The topological polar surface area (TPSA) is 118 Å². The fourth-order valence-corrected chi connectivity index (χ4v) is 6.07. The van der Waals surface area contributed by atoms with E-state index in [9.17, 15) is 23.6 Å². The summed E-state index contributed by atoms with van der Waals surface area (Å²) in [5, 5.41) is 4.73. The molecule has 3 aromatic rings. The first-order chi connectivity index (χ1) is 18.3. The van der Waals surface area contributed by atoms with E-state index in [-0.39, 0.29) is 54.9 Å². The number of hydrogen-bond acceptors (Lipinski definition) is 7. The maximum atomic E-state index is 15.3. The molecule has 2 N–H and O–H groups in total. The monoisotopic (exact) mass is 540 g/mol. The predicted molar refractivity (Wildman–Crippen MR) is 131 cm³/mol. The fraction of sp³-hybridized carbons (Fsp3) is 0.346. The van der Waals surface area contributed by atoms with E-state index < -0.39 is 35.7 Å². The van der Waals surface area contributed by atoms with E-state index in [0.29, 0.717) is 18.4 Å². The zero-order chi connectivity index (χ0) is 26.6. The van der Waals surface area contributed by atoms with Crippen molar-refractivity contribution in [2.45, 2.75) is 56.8 Å². The number of halogens is 2. The molecule has 6 rings (SSSR count). The number of fused-ring (bicyclic) bond motifs is 2. The van der Waals surface area contributed by atoms with E-state index in [1.807, 2.05) is 0 Å². The molecule has 3 heterocycles. The van der Waals surface area contributed by atoms with Crippen molar-refractivity contribution in [3.05, 3.63) is 63.7 Å². The number of nitrogens with zero attached hydrogens (tertiary/aromatic N) is 2. The summed E-state index contributed by atoms with van der Waals surface area (Å²) in [4.78, 5) is 54.5. The SMILES string of the molecule is O=C1CCC(N2Cc3ccc(CNC(=O)OC4CC(c5cc(F)cc6scnc56)C4)c(F)c3C2=O)C(=O)N1. The number of ether oxygens (including phenoxy) is 1. The van der Waals surface area contributed by atoms with Crippen LogP contribution in [0.2, 0.25) is 0 Å². The van der Waals surface area contributed by atoms with Crippen molar-refractivity contribution >= 4 is 45.4 Å². The molecule has 0 radical (unpaired) electrons. The normalized spacial score (nSPS) is 22.7. The number of aromatic nitrogens is 1. The quantitative estimate of drug-likeness (QED) is 0.479. The van der Waals surface area contributed by atoms with Gasteiger partial charge in [-0.2, -0.15) is 0 Å². The Kier molecular flexibility index (Phi) is 6.05. The average molecular weight is 541 g/mol. The van der Waals surface area contributed by atoms with Crippen LogP contribution in [0.3, 0.4) is 0 Å².